The highest BCUT2D eigenvalue weighted by Crippen LogP contribution is 2.32. The summed E-state index contributed by atoms with van der Waals surface area (Å²) in [7, 11) is 1.60. The molecule has 0 aliphatic rings. The molecular weight excluding hydrogens is 260 g/mol. The summed E-state index contributed by atoms with van der Waals surface area (Å²) in [5, 5.41) is 3.18. The highest BCUT2D eigenvalue weighted by Gasteiger charge is 2.07. The van der Waals surface area contributed by atoms with Crippen LogP contribution >= 0.6 is 11.3 Å². The molecule has 96 valence electrons. The Kier molecular flexibility index (Phi) is 3.39. The summed E-state index contributed by atoms with van der Waals surface area (Å²) < 4.78 is 10.2. The van der Waals surface area contributed by atoms with Gasteiger partial charge in [0, 0.05) is 29.6 Å². The number of nitrogens with zero attached hydrogens (tertiary/aromatic N) is 2. The molecule has 0 saturated carbocycles. The zero-order chi connectivity index (χ0) is 13.1. The molecule has 19 heavy (non-hydrogen) atoms. The van der Waals surface area contributed by atoms with Gasteiger partial charge in [-0.2, -0.15) is 0 Å². The van der Waals surface area contributed by atoms with E-state index in [0.29, 0.717) is 0 Å². The molecule has 5 heteroatoms. The molecule has 0 amide bonds. The van der Waals surface area contributed by atoms with Gasteiger partial charge in [-0.15, -0.1) is 11.3 Å². The van der Waals surface area contributed by atoms with Crippen LogP contribution in [0.2, 0.25) is 0 Å². The highest BCUT2D eigenvalue weighted by atomic mass is 32.1. The fourth-order valence-electron chi connectivity index (χ4n) is 1.86. The Balaban J connectivity index is 1.93. The summed E-state index contributed by atoms with van der Waals surface area (Å²) in [6, 6.07) is 7.92. The first kappa shape index (κ1) is 12.1. The summed E-state index contributed by atoms with van der Waals surface area (Å²) in [6.45, 7) is 0.259. The van der Waals surface area contributed by atoms with Crippen LogP contribution in [0, 0.1) is 0 Å². The largest absolute Gasteiger partial charge is 0.468 e. The number of hydrogen-bond acceptors (Lipinski definition) is 5. The van der Waals surface area contributed by atoms with Gasteiger partial charge in [0.15, 0.2) is 6.79 Å². The van der Waals surface area contributed by atoms with Crippen LogP contribution in [0.3, 0.4) is 0 Å². The van der Waals surface area contributed by atoms with E-state index >= 15 is 0 Å². The molecule has 3 rings (SSSR count). The van der Waals surface area contributed by atoms with Gasteiger partial charge in [0.2, 0.25) is 0 Å². The zero-order valence-corrected chi connectivity index (χ0v) is 11.2. The minimum atomic E-state index is 0.259. The molecule has 0 bridgehead atoms. The van der Waals surface area contributed by atoms with E-state index in [2.05, 4.69) is 15.3 Å². The standard InChI is InChI=1S/C14H12N2O2S/c1-17-9-18-11-4-2-10(3-5-11)13-7-19-14-12(13)6-15-8-16-14/h2-8H,9H2,1H3. The minimum Gasteiger partial charge on any atom is -0.468 e. The molecule has 0 N–H and O–H groups in total. The van der Waals surface area contributed by atoms with Gasteiger partial charge in [-0.05, 0) is 17.7 Å². The van der Waals surface area contributed by atoms with Crippen LogP contribution in [-0.4, -0.2) is 23.9 Å². The van der Waals surface area contributed by atoms with Crippen molar-refractivity contribution in [2.45, 2.75) is 0 Å². The quantitative estimate of drug-likeness (QED) is 0.683. The van der Waals surface area contributed by atoms with Crippen molar-refractivity contribution in [2.24, 2.45) is 0 Å². The Hall–Kier alpha value is -1.98. The molecule has 3 aromatic rings. The van der Waals surface area contributed by atoms with Crippen molar-refractivity contribution < 1.29 is 9.47 Å². The summed E-state index contributed by atoms with van der Waals surface area (Å²) in [4.78, 5) is 9.34. The van der Waals surface area contributed by atoms with E-state index in [1.165, 1.54) is 0 Å². The van der Waals surface area contributed by atoms with Gasteiger partial charge >= 0.3 is 0 Å². The normalized spacial score (nSPS) is 10.8. The molecule has 0 radical (unpaired) electrons. The van der Waals surface area contributed by atoms with Gasteiger partial charge in [-0.3, -0.25) is 0 Å². The predicted molar refractivity (Wildman–Crippen MR) is 75.4 cm³/mol. The number of rotatable bonds is 4. The Bertz CT molecular complexity index is 679. The number of fused-ring (bicyclic) bond motifs is 1. The lowest BCUT2D eigenvalue weighted by Gasteiger charge is -2.05. The molecule has 1 aromatic carbocycles. The van der Waals surface area contributed by atoms with Gasteiger partial charge in [0.25, 0.3) is 0 Å². The van der Waals surface area contributed by atoms with Crippen LogP contribution in [0.25, 0.3) is 21.3 Å². The fourth-order valence-corrected chi connectivity index (χ4v) is 2.75. The van der Waals surface area contributed by atoms with E-state index in [0.717, 1.165) is 27.1 Å². The lowest BCUT2D eigenvalue weighted by molar-refractivity contribution is 0.0511. The van der Waals surface area contributed by atoms with E-state index < -0.39 is 0 Å². The van der Waals surface area contributed by atoms with Gasteiger partial charge < -0.3 is 9.47 Å². The van der Waals surface area contributed by atoms with Crippen LogP contribution in [-0.2, 0) is 4.74 Å². The number of thiophene rings is 1. The maximum atomic E-state index is 5.37. The third-order valence-electron chi connectivity index (χ3n) is 2.76. The Morgan fingerprint density at radius 1 is 1.21 bits per heavy atom. The predicted octanol–water partition coefficient (Wildman–Crippen LogP) is 3.34. The van der Waals surface area contributed by atoms with Crippen molar-refractivity contribution in [1.82, 2.24) is 9.97 Å². The second-order valence-electron chi connectivity index (χ2n) is 3.97. The highest BCUT2D eigenvalue weighted by molar-refractivity contribution is 7.17. The molecular formula is C14H12N2O2S. The lowest BCUT2D eigenvalue weighted by atomic mass is 10.1. The molecule has 0 spiro atoms. The summed E-state index contributed by atoms with van der Waals surface area (Å²) in [6.07, 6.45) is 3.42. The molecule has 2 heterocycles. The first-order valence-electron chi connectivity index (χ1n) is 5.78. The van der Waals surface area contributed by atoms with E-state index in [1.54, 1.807) is 24.8 Å². The van der Waals surface area contributed by atoms with Gasteiger partial charge in [0.1, 0.15) is 16.9 Å². The van der Waals surface area contributed by atoms with Crippen molar-refractivity contribution in [1.29, 1.82) is 0 Å². The molecule has 0 aliphatic heterocycles. The topological polar surface area (TPSA) is 44.2 Å². The first-order chi connectivity index (χ1) is 9.38. The fraction of sp³-hybridized carbons (Fsp3) is 0.143. The second-order valence-corrected chi connectivity index (χ2v) is 4.82. The smallest absolute Gasteiger partial charge is 0.188 e. The van der Waals surface area contributed by atoms with Crippen LogP contribution in [0.4, 0.5) is 0 Å². The van der Waals surface area contributed by atoms with E-state index in [-0.39, 0.29) is 6.79 Å². The molecule has 4 nitrogen and oxygen atoms in total. The summed E-state index contributed by atoms with van der Waals surface area (Å²) in [5.74, 6) is 0.793. The Morgan fingerprint density at radius 3 is 2.84 bits per heavy atom. The van der Waals surface area contributed by atoms with Crippen LogP contribution in [0.5, 0.6) is 5.75 Å². The summed E-state index contributed by atoms with van der Waals surface area (Å²) >= 11 is 1.62. The zero-order valence-electron chi connectivity index (χ0n) is 10.4. The van der Waals surface area contributed by atoms with Gasteiger partial charge in [-0.25, -0.2) is 9.97 Å². The average Bonchev–Trinajstić information content (AvgIpc) is 2.90. The monoisotopic (exact) mass is 272 g/mol. The van der Waals surface area contributed by atoms with Crippen molar-refractivity contribution in [3.8, 4) is 16.9 Å². The first-order valence-corrected chi connectivity index (χ1v) is 6.66. The molecule has 0 fully saturated rings. The average molecular weight is 272 g/mol. The van der Waals surface area contributed by atoms with Crippen LogP contribution < -0.4 is 4.74 Å². The Labute approximate surface area is 114 Å². The molecule has 0 atom stereocenters. The molecule has 0 saturated heterocycles. The maximum Gasteiger partial charge on any atom is 0.188 e. The SMILES string of the molecule is COCOc1ccc(-c2csc3ncncc23)cc1. The number of hydrogen-bond donors (Lipinski definition) is 0. The molecule has 0 unspecified atom stereocenters. The number of aromatic nitrogens is 2. The van der Waals surface area contributed by atoms with Gasteiger partial charge in [0.05, 0.1) is 0 Å². The third kappa shape index (κ3) is 2.43. The minimum absolute atomic E-state index is 0.259. The number of ether oxygens (including phenoxy) is 2. The van der Waals surface area contributed by atoms with Crippen LogP contribution in [0.1, 0.15) is 0 Å². The molecule has 2 aromatic heterocycles. The maximum absolute atomic E-state index is 5.37. The molecule has 0 aliphatic carbocycles. The van der Waals surface area contributed by atoms with Gasteiger partial charge in [-0.1, -0.05) is 12.1 Å². The lowest BCUT2D eigenvalue weighted by Crippen LogP contribution is -1.98. The van der Waals surface area contributed by atoms with E-state index in [1.807, 2.05) is 30.5 Å². The third-order valence-corrected chi connectivity index (χ3v) is 3.67. The van der Waals surface area contributed by atoms with Crippen molar-refractivity contribution in [3.63, 3.8) is 0 Å². The summed E-state index contributed by atoms with van der Waals surface area (Å²) in [5.41, 5.74) is 2.28. The second kappa shape index (κ2) is 5.34. The van der Waals surface area contributed by atoms with Crippen LogP contribution in [0.15, 0.2) is 42.2 Å². The number of benzene rings is 1. The Morgan fingerprint density at radius 2 is 2.05 bits per heavy atom. The number of methoxy groups -OCH3 is 1. The van der Waals surface area contributed by atoms with Crippen molar-refractivity contribution >= 4 is 21.6 Å². The van der Waals surface area contributed by atoms with Crippen molar-refractivity contribution in [3.05, 3.63) is 42.2 Å². The van der Waals surface area contributed by atoms with Crippen molar-refractivity contribution in [2.75, 3.05) is 13.9 Å². The van der Waals surface area contributed by atoms with E-state index in [4.69, 9.17) is 9.47 Å². The van der Waals surface area contributed by atoms with E-state index in [9.17, 15) is 0 Å².